The average Bonchev–Trinajstić information content (AvgIpc) is 1.83. The van der Waals surface area contributed by atoms with E-state index in [1.54, 1.807) is 0 Å². The SMILES string of the molecule is CC[C@@H](Br)[C@@H](Br)C(C)(C)C. The molecule has 0 aliphatic heterocycles. The Morgan fingerprint density at radius 1 is 1.20 bits per heavy atom. The van der Waals surface area contributed by atoms with Crippen molar-refractivity contribution in [2.24, 2.45) is 5.41 Å². The Hall–Kier alpha value is 0.960. The van der Waals surface area contributed by atoms with Gasteiger partial charge in [-0.1, -0.05) is 59.6 Å². The number of rotatable bonds is 2. The fraction of sp³-hybridized carbons (Fsp3) is 1.00. The van der Waals surface area contributed by atoms with Crippen molar-refractivity contribution in [2.45, 2.75) is 43.8 Å². The van der Waals surface area contributed by atoms with E-state index in [1.165, 1.54) is 6.42 Å². The minimum atomic E-state index is 0.351. The summed E-state index contributed by atoms with van der Waals surface area (Å²) in [5, 5.41) is 0. The highest BCUT2D eigenvalue weighted by atomic mass is 79.9. The number of halogens is 2. The first-order valence-electron chi connectivity index (χ1n) is 3.67. The summed E-state index contributed by atoms with van der Waals surface area (Å²) in [6.07, 6.45) is 1.17. The fourth-order valence-corrected chi connectivity index (χ4v) is 1.92. The van der Waals surface area contributed by atoms with Crippen LogP contribution >= 0.6 is 31.9 Å². The summed E-state index contributed by atoms with van der Waals surface area (Å²) in [5.41, 5.74) is 0.351. The van der Waals surface area contributed by atoms with E-state index in [1.807, 2.05) is 0 Å². The van der Waals surface area contributed by atoms with Crippen LogP contribution in [0.5, 0.6) is 0 Å². The quantitative estimate of drug-likeness (QED) is 0.667. The van der Waals surface area contributed by atoms with Gasteiger partial charge in [-0.3, -0.25) is 0 Å². The van der Waals surface area contributed by atoms with Gasteiger partial charge in [0.25, 0.3) is 0 Å². The van der Waals surface area contributed by atoms with Gasteiger partial charge in [-0.25, -0.2) is 0 Å². The molecule has 62 valence electrons. The van der Waals surface area contributed by atoms with E-state index in [2.05, 4.69) is 59.6 Å². The molecule has 0 amide bonds. The van der Waals surface area contributed by atoms with Gasteiger partial charge in [0, 0.05) is 9.65 Å². The lowest BCUT2D eigenvalue weighted by Crippen LogP contribution is -2.28. The van der Waals surface area contributed by atoms with E-state index in [4.69, 9.17) is 0 Å². The molecule has 0 N–H and O–H groups in total. The summed E-state index contributed by atoms with van der Waals surface area (Å²) in [6, 6.07) is 0. The van der Waals surface area contributed by atoms with Crippen LogP contribution in [0, 0.1) is 5.41 Å². The first kappa shape index (κ1) is 11.0. The van der Waals surface area contributed by atoms with Gasteiger partial charge in [0.2, 0.25) is 0 Å². The third-order valence-corrected chi connectivity index (χ3v) is 5.43. The van der Waals surface area contributed by atoms with E-state index in [0.717, 1.165) is 0 Å². The predicted molar refractivity (Wildman–Crippen MR) is 55.2 cm³/mol. The Kier molecular flexibility index (Phi) is 4.50. The smallest absolute Gasteiger partial charge is 0.0319 e. The summed E-state index contributed by atoms with van der Waals surface area (Å²) in [7, 11) is 0. The maximum Gasteiger partial charge on any atom is 0.0319 e. The maximum atomic E-state index is 3.68. The molecular weight excluding hydrogens is 256 g/mol. The molecule has 0 rings (SSSR count). The fourth-order valence-electron chi connectivity index (χ4n) is 0.749. The monoisotopic (exact) mass is 270 g/mol. The molecule has 2 heteroatoms. The summed E-state index contributed by atoms with van der Waals surface area (Å²) in [4.78, 5) is 1.15. The van der Waals surface area contributed by atoms with Gasteiger partial charge in [-0.2, -0.15) is 0 Å². The predicted octanol–water partition coefficient (Wildman–Crippen LogP) is 3.97. The van der Waals surface area contributed by atoms with Crippen LogP contribution in [0.2, 0.25) is 0 Å². The Bertz CT molecular complexity index is 93.9. The molecule has 0 fully saturated rings. The highest BCUT2D eigenvalue weighted by molar-refractivity contribution is 9.12. The molecule has 0 aromatic rings. The van der Waals surface area contributed by atoms with Crippen LogP contribution in [0.25, 0.3) is 0 Å². The van der Waals surface area contributed by atoms with Crippen molar-refractivity contribution in [2.75, 3.05) is 0 Å². The zero-order valence-electron chi connectivity index (χ0n) is 7.12. The Morgan fingerprint density at radius 3 is 1.70 bits per heavy atom. The molecule has 0 aromatic heterocycles. The third kappa shape index (κ3) is 3.38. The first-order valence-corrected chi connectivity index (χ1v) is 5.51. The Balaban J connectivity index is 3.94. The minimum Gasteiger partial charge on any atom is -0.0878 e. The number of hydrogen-bond acceptors (Lipinski definition) is 0. The third-order valence-electron chi connectivity index (χ3n) is 1.53. The molecule has 0 radical (unpaired) electrons. The van der Waals surface area contributed by atoms with Gasteiger partial charge in [-0.15, -0.1) is 0 Å². The molecule has 0 saturated carbocycles. The summed E-state index contributed by atoms with van der Waals surface area (Å²) < 4.78 is 0. The van der Waals surface area contributed by atoms with E-state index in [9.17, 15) is 0 Å². The second-order valence-electron chi connectivity index (χ2n) is 3.69. The Labute approximate surface area is 81.0 Å². The van der Waals surface area contributed by atoms with Crippen LogP contribution in [0.15, 0.2) is 0 Å². The molecule has 2 atom stereocenters. The topological polar surface area (TPSA) is 0 Å². The van der Waals surface area contributed by atoms with Crippen molar-refractivity contribution in [3.63, 3.8) is 0 Å². The van der Waals surface area contributed by atoms with Crippen molar-refractivity contribution in [1.29, 1.82) is 0 Å². The zero-order chi connectivity index (χ0) is 8.36. The van der Waals surface area contributed by atoms with E-state index >= 15 is 0 Å². The standard InChI is InChI=1S/C8H16Br2/c1-5-6(9)7(10)8(2,3)4/h6-7H,5H2,1-4H3/t6-,7-/m1/s1. The molecule has 0 unspecified atom stereocenters. The molecule has 0 saturated heterocycles. The molecule has 0 aliphatic carbocycles. The Morgan fingerprint density at radius 2 is 1.60 bits per heavy atom. The zero-order valence-corrected chi connectivity index (χ0v) is 10.3. The minimum absolute atomic E-state index is 0.351. The van der Waals surface area contributed by atoms with Crippen LogP contribution < -0.4 is 0 Å². The van der Waals surface area contributed by atoms with E-state index in [0.29, 0.717) is 15.1 Å². The maximum absolute atomic E-state index is 3.68. The average molecular weight is 272 g/mol. The van der Waals surface area contributed by atoms with Gasteiger partial charge in [0.05, 0.1) is 0 Å². The normalized spacial score (nSPS) is 18.6. The lowest BCUT2D eigenvalue weighted by Gasteiger charge is -2.28. The summed E-state index contributed by atoms with van der Waals surface area (Å²) >= 11 is 7.31. The van der Waals surface area contributed by atoms with Gasteiger partial charge >= 0.3 is 0 Å². The lowest BCUT2D eigenvalue weighted by molar-refractivity contribution is 0.391. The van der Waals surface area contributed by atoms with Crippen molar-refractivity contribution >= 4 is 31.9 Å². The first-order chi connectivity index (χ1) is 4.39. The molecule has 0 heterocycles. The van der Waals surface area contributed by atoms with E-state index in [-0.39, 0.29) is 0 Å². The van der Waals surface area contributed by atoms with Crippen molar-refractivity contribution < 1.29 is 0 Å². The second kappa shape index (κ2) is 4.10. The van der Waals surface area contributed by atoms with Crippen LogP contribution in [-0.4, -0.2) is 9.65 Å². The van der Waals surface area contributed by atoms with Crippen LogP contribution in [0.4, 0.5) is 0 Å². The second-order valence-corrected chi connectivity index (χ2v) is 5.85. The van der Waals surface area contributed by atoms with E-state index < -0.39 is 0 Å². The number of alkyl halides is 2. The van der Waals surface area contributed by atoms with Crippen molar-refractivity contribution in [1.82, 2.24) is 0 Å². The van der Waals surface area contributed by atoms with Gasteiger partial charge < -0.3 is 0 Å². The summed E-state index contributed by atoms with van der Waals surface area (Å²) in [5.74, 6) is 0. The molecular formula is C8H16Br2. The highest BCUT2D eigenvalue weighted by Crippen LogP contribution is 2.33. The molecule has 0 aliphatic rings. The highest BCUT2D eigenvalue weighted by Gasteiger charge is 2.26. The molecule has 0 nitrogen and oxygen atoms in total. The number of hydrogen-bond donors (Lipinski definition) is 0. The molecule has 0 aromatic carbocycles. The van der Waals surface area contributed by atoms with Crippen molar-refractivity contribution in [3.05, 3.63) is 0 Å². The van der Waals surface area contributed by atoms with Crippen LogP contribution in [-0.2, 0) is 0 Å². The van der Waals surface area contributed by atoms with Gasteiger partial charge in [0.15, 0.2) is 0 Å². The van der Waals surface area contributed by atoms with Crippen LogP contribution in [0.3, 0.4) is 0 Å². The van der Waals surface area contributed by atoms with Gasteiger partial charge in [0.1, 0.15) is 0 Å². The molecule has 0 spiro atoms. The van der Waals surface area contributed by atoms with Crippen LogP contribution in [0.1, 0.15) is 34.1 Å². The molecule has 10 heavy (non-hydrogen) atoms. The van der Waals surface area contributed by atoms with Gasteiger partial charge in [-0.05, 0) is 11.8 Å². The lowest BCUT2D eigenvalue weighted by atomic mass is 9.90. The molecule has 0 bridgehead atoms. The summed E-state index contributed by atoms with van der Waals surface area (Å²) in [6.45, 7) is 8.93. The largest absolute Gasteiger partial charge is 0.0878 e. The van der Waals surface area contributed by atoms with Crippen molar-refractivity contribution in [3.8, 4) is 0 Å².